The van der Waals surface area contributed by atoms with E-state index in [4.69, 9.17) is 0 Å². The molecule has 0 radical (unpaired) electrons. The van der Waals surface area contributed by atoms with Gasteiger partial charge in [-0.05, 0) is 41.0 Å². The van der Waals surface area contributed by atoms with Crippen molar-refractivity contribution in [3.63, 3.8) is 0 Å². The molecular weight excluding hydrogens is 256 g/mol. The molecule has 0 aromatic heterocycles. The van der Waals surface area contributed by atoms with Gasteiger partial charge >= 0.3 is 0 Å². The molecule has 0 heterocycles. The van der Waals surface area contributed by atoms with E-state index in [1.54, 1.807) is 0 Å². The number of hydrogen-bond donors (Lipinski definition) is 1. The van der Waals surface area contributed by atoms with Crippen molar-refractivity contribution in [2.24, 2.45) is 0 Å². The average Bonchev–Trinajstić information content (AvgIpc) is 2.46. The maximum absolute atomic E-state index is 10.7. The largest absolute Gasteiger partial charge is 0.384 e. The van der Waals surface area contributed by atoms with Gasteiger partial charge in [0.2, 0.25) is 0 Å². The summed E-state index contributed by atoms with van der Waals surface area (Å²) in [5, 5.41) is 10.7. The van der Waals surface area contributed by atoms with Crippen molar-refractivity contribution >= 4 is 0 Å². The summed E-state index contributed by atoms with van der Waals surface area (Å²) in [6.07, 6.45) is -0.552. The summed E-state index contributed by atoms with van der Waals surface area (Å²) < 4.78 is 0. The number of rotatable bonds is 4. The first-order valence-electron chi connectivity index (χ1n) is 7.78. The zero-order valence-corrected chi connectivity index (χ0v) is 13.7. The lowest BCUT2D eigenvalue weighted by molar-refractivity contribution is 0.218. The van der Waals surface area contributed by atoms with Crippen LogP contribution in [0.4, 0.5) is 0 Å². The zero-order valence-electron chi connectivity index (χ0n) is 13.7. The van der Waals surface area contributed by atoms with Gasteiger partial charge in [0.1, 0.15) is 6.10 Å². The van der Waals surface area contributed by atoms with Gasteiger partial charge in [0.25, 0.3) is 0 Å². The highest BCUT2D eigenvalue weighted by Gasteiger charge is 2.17. The molecule has 0 aliphatic heterocycles. The van der Waals surface area contributed by atoms with Crippen molar-refractivity contribution in [1.29, 1.82) is 0 Å². The van der Waals surface area contributed by atoms with E-state index in [2.05, 4.69) is 65.0 Å². The van der Waals surface area contributed by atoms with Crippen LogP contribution in [0.2, 0.25) is 0 Å². The first-order valence-corrected chi connectivity index (χ1v) is 7.78. The summed E-state index contributed by atoms with van der Waals surface area (Å²) in [6.45, 7) is 10.8. The fourth-order valence-electron chi connectivity index (χ4n) is 2.63. The molecule has 0 fully saturated rings. The van der Waals surface area contributed by atoms with Crippen LogP contribution in [0.3, 0.4) is 0 Å². The summed E-state index contributed by atoms with van der Waals surface area (Å²) in [5.74, 6) is 0.909. The van der Waals surface area contributed by atoms with Gasteiger partial charge < -0.3 is 5.11 Å². The molecular formula is C20H26O. The van der Waals surface area contributed by atoms with Crippen molar-refractivity contribution < 1.29 is 5.11 Å². The van der Waals surface area contributed by atoms with Crippen molar-refractivity contribution in [1.82, 2.24) is 0 Å². The van der Waals surface area contributed by atoms with Crippen LogP contribution in [0, 0.1) is 6.92 Å². The van der Waals surface area contributed by atoms with Crippen LogP contribution in [0.15, 0.2) is 42.5 Å². The molecule has 1 unspecified atom stereocenters. The molecule has 0 spiro atoms. The van der Waals surface area contributed by atoms with Gasteiger partial charge in [0.15, 0.2) is 0 Å². The number of aliphatic hydroxyl groups excluding tert-OH is 1. The number of hydrogen-bond acceptors (Lipinski definition) is 1. The Morgan fingerprint density at radius 3 is 1.81 bits per heavy atom. The van der Waals surface area contributed by atoms with E-state index in [-0.39, 0.29) is 0 Å². The molecule has 1 heteroatoms. The summed E-state index contributed by atoms with van der Waals surface area (Å²) in [4.78, 5) is 0. The predicted molar refractivity (Wildman–Crippen MR) is 89.9 cm³/mol. The first-order chi connectivity index (χ1) is 9.90. The summed E-state index contributed by atoms with van der Waals surface area (Å²) in [5.41, 5.74) is 5.77. The van der Waals surface area contributed by atoms with Crippen molar-refractivity contribution in [2.45, 2.75) is 52.6 Å². The Labute approximate surface area is 128 Å². The normalized spacial score (nSPS) is 13.0. The van der Waals surface area contributed by atoms with Gasteiger partial charge in [0.05, 0.1) is 0 Å². The van der Waals surface area contributed by atoms with Crippen LogP contribution >= 0.6 is 0 Å². The van der Waals surface area contributed by atoms with Gasteiger partial charge in [-0.25, -0.2) is 0 Å². The third-order valence-electron chi connectivity index (χ3n) is 4.09. The fraction of sp³-hybridized carbons (Fsp3) is 0.400. The smallest absolute Gasteiger partial charge is 0.104 e. The Kier molecular flexibility index (Phi) is 4.84. The fourth-order valence-corrected chi connectivity index (χ4v) is 2.63. The molecule has 0 amide bonds. The monoisotopic (exact) mass is 282 g/mol. The highest BCUT2D eigenvalue weighted by atomic mass is 16.3. The SMILES string of the molecule is Cc1ccc(C(O)c2ccc(C(C)C)cc2C(C)C)cc1. The van der Waals surface area contributed by atoms with Gasteiger partial charge in [-0.2, -0.15) is 0 Å². The van der Waals surface area contributed by atoms with Gasteiger partial charge in [-0.15, -0.1) is 0 Å². The number of benzene rings is 2. The second kappa shape index (κ2) is 6.44. The molecule has 112 valence electrons. The molecule has 0 aliphatic carbocycles. The number of aryl methyl sites for hydroxylation is 1. The second-order valence-corrected chi connectivity index (χ2v) is 6.51. The average molecular weight is 282 g/mol. The Morgan fingerprint density at radius 2 is 1.29 bits per heavy atom. The van der Waals surface area contributed by atoms with Crippen LogP contribution in [0.1, 0.15) is 73.5 Å². The van der Waals surface area contributed by atoms with E-state index in [9.17, 15) is 5.11 Å². The second-order valence-electron chi connectivity index (χ2n) is 6.51. The summed E-state index contributed by atoms with van der Waals surface area (Å²) in [7, 11) is 0. The minimum absolute atomic E-state index is 0.402. The van der Waals surface area contributed by atoms with Gasteiger partial charge in [-0.1, -0.05) is 75.7 Å². The van der Waals surface area contributed by atoms with Crippen LogP contribution in [-0.2, 0) is 0 Å². The lowest BCUT2D eigenvalue weighted by atomic mass is 9.87. The molecule has 0 saturated carbocycles. The molecule has 21 heavy (non-hydrogen) atoms. The highest BCUT2D eigenvalue weighted by molar-refractivity contribution is 5.41. The van der Waals surface area contributed by atoms with Crippen LogP contribution < -0.4 is 0 Å². The van der Waals surface area contributed by atoms with E-state index < -0.39 is 6.10 Å². The third-order valence-corrected chi connectivity index (χ3v) is 4.09. The van der Waals surface area contributed by atoms with E-state index in [0.717, 1.165) is 11.1 Å². The Morgan fingerprint density at radius 1 is 0.714 bits per heavy atom. The maximum atomic E-state index is 10.7. The zero-order chi connectivity index (χ0) is 15.6. The molecule has 0 bridgehead atoms. The minimum Gasteiger partial charge on any atom is -0.384 e. The Bertz CT molecular complexity index is 594. The Balaban J connectivity index is 2.44. The predicted octanol–water partition coefficient (Wildman–Crippen LogP) is 5.32. The van der Waals surface area contributed by atoms with Crippen LogP contribution in [0.25, 0.3) is 0 Å². The molecule has 2 aromatic carbocycles. The van der Waals surface area contributed by atoms with Crippen molar-refractivity contribution in [2.75, 3.05) is 0 Å². The van der Waals surface area contributed by atoms with E-state index in [0.29, 0.717) is 11.8 Å². The maximum Gasteiger partial charge on any atom is 0.104 e. The lowest BCUT2D eigenvalue weighted by Crippen LogP contribution is -2.06. The quantitative estimate of drug-likeness (QED) is 0.804. The van der Waals surface area contributed by atoms with Crippen LogP contribution in [0.5, 0.6) is 0 Å². The van der Waals surface area contributed by atoms with E-state index >= 15 is 0 Å². The molecule has 0 aliphatic rings. The topological polar surface area (TPSA) is 20.2 Å². The van der Waals surface area contributed by atoms with E-state index in [1.807, 2.05) is 12.1 Å². The number of aliphatic hydroxyl groups is 1. The highest BCUT2D eigenvalue weighted by Crippen LogP contribution is 2.32. The standard InChI is InChI=1S/C20H26O/c1-13(2)17-10-11-18(19(12-17)14(3)4)20(21)16-8-6-15(5)7-9-16/h6-14,20-21H,1-5H3. The molecule has 1 nitrogen and oxygen atoms in total. The van der Waals surface area contributed by atoms with E-state index in [1.165, 1.54) is 16.7 Å². The molecule has 2 aromatic rings. The van der Waals surface area contributed by atoms with Crippen molar-refractivity contribution in [3.8, 4) is 0 Å². The third kappa shape index (κ3) is 3.54. The molecule has 2 rings (SSSR count). The van der Waals surface area contributed by atoms with Crippen LogP contribution in [-0.4, -0.2) is 5.11 Å². The van der Waals surface area contributed by atoms with Gasteiger partial charge in [0, 0.05) is 0 Å². The Hall–Kier alpha value is -1.60. The molecule has 1 N–H and O–H groups in total. The first kappa shape index (κ1) is 15.8. The summed E-state index contributed by atoms with van der Waals surface area (Å²) >= 11 is 0. The van der Waals surface area contributed by atoms with Gasteiger partial charge in [-0.3, -0.25) is 0 Å². The molecule has 1 atom stereocenters. The minimum atomic E-state index is -0.552. The van der Waals surface area contributed by atoms with Crippen molar-refractivity contribution in [3.05, 3.63) is 70.3 Å². The molecule has 0 saturated heterocycles. The summed E-state index contributed by atoms with van der Waals surface area (Å²) in [6, 6.07) is 14.6. The lowest BCUT2D eigenvalue weighted by Gasteiger charge is -2.20.